The largest absolute Gasteiger partial charge is 0.451 e. The minimum atomic E-state index is -0.108. The molecular formula is C45H36BN3O. The lowest BCUT2D eigenvalue weighted by Crippen LogP contribution is -2.61. The molecule has 2 aromatic heterocycles. The number of rotatable bonds is 3. The number of aryl methyl sites for hydroxylation is 1. The number of hydrogen-bond donors (Lipinski definition) is 0. The monoisotopic (exact) mass is 645 g/mol. The van der Waals surface area contributed by atoms with E-state index in [1.807, 2.05) is 0 Å². The van der Waals surface area contributed by atoms with Crippen molar-refractivity contribution in [1.29, 1.82) is 0 Å². The molecule has 2 aliphatic heterocycles. The van der Waals surface area contributed by atoms with Crippen LogP contribution >= 0.6 is 0 Å². The Bertz CT molecular complexity index is 2600. The first-order valence-corrected chi connectivity index (χ1v) is 17.5. The molecule has 240 valence electrons. The van der Waals surface area contributed by atoms with Gasteiger partial charge in [0.2, 0.25) is 5.71 Å². The molecule has 0 unspecified atom stereocenters. The Morgan fingerprint density at radius 1 is 0.580 bits per heavy atom. The summed E-state index contributed by atoms with van der Waals surface area (Å²) in [5, 5.41) is 2.31. The second kappa shape index (κ2) is 10.5. The van der Waals surface area contributed by atoms with Crippen molar-refractivity contribution in [3.63, 3.8) is 0 Å². The summed E-state index contributed by atoms with van der Waals surface area (Å²) in [5.74, 6) is 0. The number of nitrogens with zero attached hydrogens (tertiary/aromatic N) is 3. The highest BCUT2D eigenvalue weighted by molar-refractivity contribution is 7.00. The lowest BCUT2D eigenvalue weighted by molar-refractivity contribution is 0.590. The van der Waals surface area contributed by atoms with E-state index in [0.29, 0.717) is 0 Å². The summed E-state index contributed by atoms with van der Waals surface area (Å²) in [4.78, 5) is 4.92. The number of aromatic nitrogens is 1. The van der Waals surface area contributed by atoms with E-state index in [0.717, 1.165) is 45.0 Å². The summed E-state index contributed by atoms with van der Waals surface area (Å²) in [6.45, 7) is 9.01. The minimum Gasteiger partial charge on any atom is -0.451 e. The van der Waals surface area contributed by atoms with Gasteiger partial charge in [0, 0.05) is 39.5 Å². The molecule has 0 fully saturated rings. The van der Waals surface area contributed by atoms with Gasteiger partial charge in [-0.05, 0) is 95.1 Å². The zero-order chi connectivity index (χ0) is 33.7. The van der Waals surface area contributed by atoms with Gasteiger partial charge in [0.1, 0.15) is 5.66 Å². The summed E-state index contributed by atoms with van der Waals surface area (Å²) in [7, 11) is 0. The molecule has 6 aromatic carbocycles. The van der Waals surface area contributed by atoms with Gasteiger partial charge in [0.15, 0.2) is 0 Å². The average molecular weight is 646 g/mol. The number of fused-ring (bicyclic) bond motifs is 8. The minimum absolute atomic E-state index is 0.0233. The highest BCUT2D eigenvalue weighted by Gasteiger charge is 2.47. The van der Waals surface area contributed by atoms with Gasteiger partial charge in [-0.15, -0.1) is 0 Å². The van der Waals surface area contributed by atoms with E-state index in [1.165, 1.54) is 44.5 Å². The third-order valence-corrected chi connectivity index (χ3v) is 10.5. The fourth-order valence-corrected chi connectivity index (χ4v) is 8.33. The topological polar surface area (TPSA) is 24.6 Å². The zero-order valence-corrected chi connectivity index (χ0v) is 28.7. The SMILES string of the molecule is Cc1cc2c3c(c1)N(c1ccccc1)c1c(oc4c1c1ccccc1n4-c1ccccc1)B3c1cc(C(C)(C)C)ccc1N2c1ccccc1. The fourth-order valence-electron chi connectivity index (χ4n) is 8.33. The Hall–Kier alpha value is -5.94. The molecule has 0 bridgehead atoms. The van der Waals surface area contributed by atoms with Crippen molar-refractivity contribution >= 4 is 79.4 Å². The quantitative estimate of drug-likeness (QED) is 0.179. The lowest BCUT2D eigenvalue weighted by atomic mass is 9.35. The molecule has 0 saturated carbocycles. The molecule has 0 spiro atoms. The van der Waals surface area contributed by atoms with Crippen LogP contribution in [0.25, 0.3) is 27.7 Å². The van der Waals surface area contributed by atoms with Crippen LogP contribution in [0, 0.1) is 6.92 Å². The normalized spacial score (nSPS) is 13.5. The van der Waals surface area contributed by atoms with Gasteiger partial charge in [-0.1, -0.05) is 106 Å². The molecule has 0 N–H and O–H groups in total. The van der Waals surface area contributed by atoms with Gasteiger partial charge in [-0.25, -0.2) is 0 Å². The maximum atomic E-state index is 7.42. The van der Waals surface area contributed by atoms with Crippen LogP contribution in [0.1, 0.15) is 31.9 Å². The summed E-state index contributed by atoms with van der Waals surface area (Å²) in [6, 6.07) is 52.7. The Labute approximate surface area is 292 Å². The highest BCUT2D eigenvalue weighted by Crippen LogP contribution is 2.49. The molecule has 4 heterocycles. The van der Waals surface area contributed by atoms with E-state index in [9.17, 15) is 0 Å². The first kappa shape index (κ1) is 29.0. The van der Waals surface area contributed by atoms with Crippen LogP contribution < -0.4 is 26.4 Å². The molecule has 0 radical (unpaired) electrons. The molecule has 2 aliphatic rings. The van der Waals surface area contributed by atoms with Gasteiger partial charge in [0.25, 0.3) is 6.71 Å². The van der Waals surface area contributed by atoms with Crippen molar-refractivity contribution in [1.82, 2.24) is 4.57 Å². The van der Waals surface area contributed by atoms with Crippen LogP contribution in [0.4, 0.5) is 34.1 Å². The van der Waals surface area contributed by atoms with Crippen LogP contribution in [-0.4, -0.2) is 11.3 Å². The van der Waals surface area contributed by atoms with E-state index in [2.05, 4.69) is 188 Å². The molecule has 4 nitrogen and oxygen atoms in total. The molecule has 0 saturated heterocycles. The Morgan fingerprint density at radius 2 is 1.16 bits per heavy atom. The number of hydrogen-bond acceptors (Lipinski definition) is 3. The maximum absolute atomic E-state index is 7.42. The van der Waals surface area contributed by atoms with Gasteiger partial charge in [-0.3, -0.25) is 4.57 Å². The first-order valence-electron chi connectivity index (χ1n) is 17.5. The summed E-state index contributed by atoms with van der Waals surface area (Å²) >= 11 is 0. The molecule has 8 aromatic rings. The van der Waals surface area contributed by atoms with Gasteiger partial charge >= 0.3 is 0 Å². The van der Waals surface area contributed by atoms with Crippen LogP contribution in [-0.2, 0) is 5.41 Å². The van der Waals surface area contributed by atoms with Gasteiger partial charge in [-0.2, -0.15) is 0 Å². The van der Waals surface area contributed by atoms with Crippen molar-refractivity contribution < 1.29 is 4.42 Å². The van der Waals surface area contributed by atoms with Gasteiger partial charge in [0.05, 0.1) is 16.6 Å². The van der Waals surface area contributed by atoms with Crippen molar-refractivity contribution in [2.45, 2.75) is 33.1 Å². The van der Waals surface area contributed by atoms with Crippen LogP contribution in [0.3, 0.4) is 0 Å². The third kappa shape index (κ3) is 4.07. The number of benzene rings is 6. The predicted molar refractivity (Wildman–Crippen MR) is 211 cm³/mol. The van der Waals surface area contributed by atoms with E-state index in [4.69, 9.17) is 4.42 Å². The smallest absolute Gasteiger partial charge is 0.297 e. The maximum Gasteiger partial charge on any atom is 0.297 e. The van der Waals surface area contributed by atoms with Crippen LogP contribution in [0.15, 0.2) is 150 Å². The Balaban J connectivity index is 1.38. The Kier molecular flexibility index (Phi) is 6.11. The lowest BCUT2D eigenvalue weighted by Gasteiger charge is -2.43. The number of anilines is 6. The summed E-state index contributed by atoms with van der Waals surface area (Å²) < 4.78 is 9.72. The van der Waals surface area contributed by atoms with Crippen LogP contribution in [0.5, 0.6) is 0 Å². The second-order valence-electron chi connectivity index (χ2n) is 14.7. The Morgan fingerprint density at radius 3 is 1.82 bits per heavy atom. The molecule has 0 amide bonds. The predicted octanol–water partition coefficient (Wildman–Crippen LogP) is 10.1. The summed E-state index contributed by atoms with van der Waals surface area (Å²) in [6.07, 6.45) is 0. The van der Waals surface area contributed by atoms with Crippen molar-refractivity contribution in [2.24, 2.45) is 0 Å². The number of para-hydroxylation sites is 4. The molecule has 0 atom stereocenters. The van der Waals surface area contributed by atoms with Gasteiger partial charge < -0.3 is 14.2 Å². The molecular weight excluding hydrogens is 609 g/mol. The van der Waals surface area contributed by atoms with E-state index >= 15 is 0 Å². The van der Waals surface area contributed by atoms with E-state index in [1.54, 1.807) is 0 Å². The fraction of sp³-hybridized carbons (Fsp3) is 0.111. The van der Waals surface area contributed by atoms with Crippen molar-refractivity contribution in [3.05, 3.63) is 157 Å². The van der Waals surface area contributed by atoms with Crippen LogP contribution in [0.2, 0.25) is 0 Å². The molecule has 5 heteroatoms. The van der Waals surface area contributed by atoms with Crippen molar-refractivity contribution in [2.75, 3.05) is 9.80 Å². The highest BCUT2D eigenvalue weighted by atomic mass is 16.3. The molecule has 50 heavy (non-hydrogen) atoms. The van der Waals surface area contributed by atoms with E-state index < -0.39 is 0 Å². The standard InChI is InChI=1S/C45H36BN3O/c1-29-26-38-41-39(27-29)48(32-18-10-6-11-19-32)42-40-34-22-14-15-23-36(34)49(33-20-12-7-13-21-33)44(40)50-43(42)46(41)35-28-30(45(2,3)4)24-25-37(35)47(38)31-16-8-5-9-17-31/h5-28H,1-4H3. The molecule has 0 aliphatic carbocycles. The zero-order valence-electron chi connectivity index (χ0n) is 28.7. The summed E-state index contributed by atoms with van der Waals surface area (Å²) in [5.41, 5.74) is 16.0. The third-order valence-electron chi connectivity index (χ3n) is 10.5. The average Bonchev–Trinajstić information content (AvgIpc) is 3.67. The first-order chi connectivity index (χ1) is 24.4. The second-order valence-corrected chi connectivity index (χ2v) is 14.7. The number of furan rings is 1. The van der Waals surface area contributed by atoms with Crippen molar-refractivity contribution in [3.8, 4) is 5.69 Å². The van der Waals surface area contributed by atoms with E-state index in [-0.39, 0.29) is 12.1 Å². The molecule has 10 rings (SSSR count).